The van der Waals surface area contributed by atoms with Gasteiger partial charge in [0.2, 0.25) is 0 Å². The van der Waals surface area contributed by atoms with Crippen molar-refractivity contribution in [2.75, 3.05) is 37.7 Å². The second kappa shape index (κ2) is 6.84. The van der Waals surface area contributed by atoms with Gasteiger partial charge in [-0.3, -0.25) is 4.90 Å². The second-order valence-corrected chi connectivity index (χ2v) is 6.50. The molecule has 3 nitrogen and oxygen atoms in total. The minimum absolute atomic E-state index is 0.436. The van der Waals surface area contributed by atoms with E-state index in [1.165, 1.54) is 17.9 Å². The second-order valence-electron chi connectivity index (χ2n) is 5.27. The molecule has 0 aromatic rings. The Hall–Kier alpha value is 0.230. The van der Waals surface area contributed by atoms with Crippen LogP contribution in [0.1, 0.15) is 27.2 Å². The van der Waals surface area contributed by atoms with Crippen molar-refractivity contribution < 1.29 is 5.11 Å². The summed E-state index contributed by atoms with van der Waals surface area (Å²) in [5, 5.41) is 13.6. The molecular weight excluding hydrogens is 220 g/mol. The van der Waals surface area contributed by atoms with Crippen LogP contribution in [-0.2, 0) is 0 Å². The molecule has 0 saturated carbocycles. The number of β-amino-alcohol motifs (C(OH)–C–C–N with tert-alkyl or cyclic N) is 1. The maximum Gasteiger partial charge on any atom is 0.0869 e. The lowest BCUT2D eigenvalue weighted by atomic mass is 10.1. The normalized spacial score (nSPS) is 23.1. The van der Waals surface area contributed by atoms with Crippen LogP contribution in [0.5, 0.6) is 0 Å². The summed E-state index contributed by atoms with van der Waals surface area (Å²) in [5.74, 6) is 2.47. The van der Waals surface area contributed by atoms with Crippen molar-refractivity contribution in [1.82, 2.24) is 10.2 Å². The van der Waals surface area contributed by atoms with E-state index in [-0.39, 0.29) is 0 Å². The summed E-state index contributed by atoms with van der Waals surface area (Å²) in [7, 11) is 0. The molecule has 1 atom stereocenters. The van der Waals surface area contributed by atoms with Gasteiger partial charge < -0.3 is 10.4 Å². The van der Waals surface area contributed by atoms with Crippen LogP contribution in [0.2, 0.25) is 0 Å². The summed E-state index contributed by atoms with van der Waals surface area (Å²) in [6.45, 7) is 9.85. The van der Waals surface area contributed by atoms with Gasteiger partial charge in [0, 0.05) is 31.4 Å². The first-order valence-electron chi connectivity index (χ1n) is 6.25. The van der Waals surface area contributed by atoms with E-state index in [1.807, 2.05) is 18.7 Å². The first kappa shape index (κ1) is 14.3. The van der Waals surface area contributed by atoms with E-state index in [0.717, 1.165) is 19.6 Å². The molecule has 0 bridgehead atoms. The molecule has 0 amide bonds. The lowest BCUT2D eigenvalue weighted by molar-refractivity contribution is 0.0208. The number of hydrogen-bond donors (Lipinski definition) is 2. The highest BCUT2D eigenvalue weighted by atomic mass is 32.2. The van der Waals surface area contributed by atoms with Crippen molar-refractivity contribution in [3.05, 3.63) is 0 Å². The van der Waals surface area contributed by atoms with Gasteiger partial charge in [-0.25, -0.2) is 0 Å². The van der Waals surface area contributed by atoms with Crippen LogP contribution in [0.25, 0.3) is 0 Å². The molecule has 1 heterocycles. The topological polar surface area (TPSA) is 35.5 Å². The summed E-state index contributed by atoms with van der Waals surface area (Å²) in [6, 6.07) is 0.436. The Kier molecular flexibility index (Phi) is 6.11. The fraction of sp³-hybridized carbons (Fsp3) is 1.00. The molecular formula is C12H26N2OS. The van der Waals surface area contributed by atoms with Gasteiger partial charge in [0.05, 0.1) is 5.60 Å². The van der Waals surface area contributed by atoms with Crippen LogP contribution >= 0.6 is 11.8 Å². The minimum Gasteiger partial charge on any atom is -0.388 e. The lowest BCUT2D eigenvalue weighted by Crippen LogP contribution is -2.49. The smallest absolute Gasteiger partial charge is 0.0869 e. The van der Waals surface area contributed by atoms with Crippen LogP contribution in [-0.4, -0.2) is 59.3 Å². The number of aliphatic hydroxyl groups is 1. The molecule has 1 saturated heterocycles. The maximum absolute atomic E-state index is 10.3. The highest BCUT2D eigenvalue weighted by Crippen LogP contribution is 2.13. The largest absolute Gasteiger partial charge is 0.388 e. The molecule has 0 aliphatic carbocycles. The third kappa shape index (κ3) is 6.09. The van der Waals surface area contributed by atoms with Crippen LogP contribution in [0.3, 0.4) is 0 Å². The van der Waals surface area contributed by atoms with E-state index < -0.39 is 5.60 Å². The quantitative estimate of drug-likeness (QED) is 0.763. The molecule has 1 aliphatic rings. The Bertz CT molecular complexity index is 189. The highest BCUT2D eigenvalue weighted by Gasteiger charge is 2.24. The Morgan fingerprint density at radius 3 is 2.81 bits per heavy atom. The third-order valence-electron chi connectivity index (χ3n) is 2.77. The minimum atomic E-state index is -0.612. The van der Waals surface area contributed by atoms with Gasteiger partial charge in [-0.2, -0.15) is 11.8 Å². The number of rotatable bonds is 5. The SMILES string of the molecule is CC(C)NCC(C)(O)CN1CCCSCC1. The highest BCUT2D eigenvalue weighted by molar-refractivity contribution is 7.99. The Balaban J connectivity index is 2.31. The molecule has 4 heteroatoms. The summed E-state index contributed by atoms with van der Waals surface area (Å²) >= 11 is 2.02. The number of nitrogens with zero attached hydrogens (tertiary/aromatic N) is 1. The lowest BCUT2D eigenvalue weighted by Gasteiger charge is -2.31. The first-order valence-corrected chi connectivity index (χ1v) is 7.41. The van der Waals surface area contributed by atoms with Gasteiger partial charge in [-0.05, 0) is 25.6 Å². The van der Waals surface area contributed by atoms with Crippen LogP contribution in [0.4, 0.5) is 0 Å². The summed E-state index contributed by atoms with van der Waals surface area (Å²) in [4.78, 5) is 2.39. The van der Waals surface area contributed by atoms with Gasteiger partial charge in [-0.15, -0.1) is 0 Å². The molecule has 1 fully saturated rings. The summed E-state index contributed by atoms with van der Waals surface area (Å²) in [5.41, 5.74) is -0.612. The average Bonchev–Trinajstić information content (AvgIpc) is 2.43. The van der Waals surface area contributed by atoms with E-state index in [1.54, 1.807) is 0 Å². The van der Waals surface area contributed by atoms with Gasteiger partial charge in [0.15, 0.2) is 0 Å². The van der Waals surface area contributed by atoms with E-state index in [0.29, 0.717) is 12.6 Å². The first-order chi connectivity index (χ1) is 7.49. The van der Waals surface area contributed by atoms with Crippen molar-refractivity contribution in [3.8, 4) is 0 Å². The molecule has 1 rings (SSSR count). The van der Waals surface area contributed by atoms with Crippen molar-refractivity contribution in [3.63, 3.8) is 0 Å². The third-order valence-corrected chi connectivity index (χ3v) is 3.82. The van der Waals surface area contributed by atoms with Crippen molar-refractivity contribution in [2.45, 2.75) is 38.8 Å². The van der Waals surface area contributed by atoms with Gasteiger partial charge in [0.25, 0.3) is 0 Å². The zero-order chi connectivity index (χ0) is 12.0. The van der Waals surface area contributed by atoms with Gasteiger partial charge in [0.1, 0.15) is 0 Å². The number of nitrogens with one attached hydrogen (secondary N) is 1. The standard InChI is InChI=1S/C12H26N2OS/c1-11(2)13-9-12(3,15)10-14-5-4-7-16-8-6-14/h11,13,15H,4-10H2,1-3H3. The molecule has 1 unspecified atom stereocenters. The molecule has 0 aromatic carbocycles. The monoisotopic (exact) mass is 246 g/mol. The van der Waals surface area contributed by atoms with Crippen LogP contribution < -0.4 is 5.32 Å². The average molecular weight is 246 g/mol. The van der Waals surface area contributed by atoms with E-state index >= 15 is 0 Å². The van der Waals surface area contributed by atoms with Crippen LogP contribution in [0, 0.1) is 0 Å². The summed E-state index contributed by atoms with van der Waals surface area (Å²) < 4.78 is 0. The zero-order valence-corrected chi connectivity index (χ0v) is 11.6. The van der Waals surface area contributed by atoms with Gasteiger partial charge in [-0.1, -0.05) is 13.8 Å². The molecule has 2 N–H and O–H groups in total. The molecule has 0 radical (unpaired) electrons. The number of hydrogen-bond acceptors (Lipinski definition) is 4. The Morgan fingerprint density at radius 1 is 1.38 bits per heavy atom. The van der Waals surface area contributed by atoms with Gasteiger partial charge >= 0.3 is 0 Å². The number of thioether (sulfide) groups is 1. The summed E-state index contributed by atoms with van der Waals surface area (Å²) in [6.07, 6.45) is 1.25. The van der Waals surface area contributed by atoms with Crippen molar-refractivity contribution in [1.29, 1.82) is 0 Å². The molecule has 16 heavy (non-hydrogen) atoms. The fourth-order valence-corrected chi connectivity index (χ4v) is 2.84. The van der Waals surface area contributed by atoms with Crippen molar-refractivity contribution >= 4 is 11.8 Å². The Morgan fingerprint density at radius 2 is 2.12 bits per heavy atom. The maximum atomic E-state index is 10.3. The molecule has 96 valence electrons. The predicted octanol–water partition coefficient (Wildman–Crippen LogP) is 1.17. The van der Waals surface area contributed by atoms with E-state index in [4.69, 9.17) is 0 Å². The predicted molar refractivity (Wildman–Crippen MR) is 72.1 cm³/mol. The molecule has 1 aliphatic heterocycles. The molecule has 0 spiro atoms. The van der Waals surface area contributed by atoms with Crippen LogP contribution in [0.15, 0.2) is 0 Å². The molecule has 0 aromatic heterocycles. The Labute approximate surface area is 104 Å². The zero-order valence-electron chi connectivity index (χ0n) is 10.8. The van der Waals surface area contributed by atoms with Crippen molar-refractivity contribution in [2.24, 2.45) is 0 Å². The van der Waals surface area contributed by atoms with E-state index in [9.17, 15) is 5.11 Å². The fourth-order valence-electron chi connectivity index (χ4n) is 1.92. The van der Waals surface area contributed by atoms with E-state index in [2.05, 4.69) is 24.1 Å².